The van der Waals surface area contributed by atoms with E-state index in [0.717, 1.165) is 0 Å². The number of nitrogens with one attached hydrogen (secondary N) is 1. The Balaban J connectivity index is 2.46. The van der Waals surface area contributed by atoms with Crippen LogP contribution in [0.15, 0.2) is 30.5 Å². The van der Waals surface area contributed by atoms with Crippen LogP contribution in [0.4, 0.5) is 0 Å². The first-order chi connectivity index (χ1) is 7.18. The highest BCUT2D eigenvalue weighted by Crippen LogP contribution is 2.24. The third-order valence-corrected chi connectivity index (χ3v) is 2.26. The summed E-state index contributed by atoms with van der Waals surface area (Å²) in [6, 6.07) is 7.10. The van der Waals surface area contributed by atoms with Crippen LogP contribution in [0, 0.1) is 0 Å². The first-order valence-corrected chi connectivity index (χ1v) is 4.60. The van der Waals surface area contributed by atoms with E-state index in [2.05, 4.69) is 9.97 Å². The number of halogens is 1. The van der Waals surface area contributed by atoms with E-state index in [1.807, 2.05) is 6.07 Å². The average molecular weight is 223 g/mol. The van der Waals surface area contributed by atoms with Gasteiger partial charge in [0.25, 0.3) is 0 Å². The molecule has 0 spiro atoms. The van der Waals surface area contributed by atoms with Gasteiger partial charge in [0.2, 0.25) is 0 Å². The van der Waals surface area contributed by atoms with Crippen molar-refractivity contribution in [1.29, 1.82) is 0 Å². The number of nitrogens with zero attached hydrogens (tertiary/aromatic N) is 1. The molecule has 0 aliphatic rings. The van der Waals surface area contributed by atoms with Gasteiger partial charge in [-0.1, -0.05) is 23.7 Å². The second-order valence-electron chi connectivity index (χ2n) is 2.92. The molecule has 2 N–H and O–H groups in total. The number of hydrogen-bond donors (Lipinski definition) is 2. The van der Waals surface area contributed by atoms with Gasteiger partial charge >= 0.3 is 5.97 Å². The van der Waals surface area contributed by atoms with Gasteiger partial charge in [-0.2, -0.15) is 0 Å². The molecule has 5 heteroatoms. The minimum atomic E-state index is -1.07. The molecule has 15 heavy (non-hydrogen) atoms. The normalized spacial score (nSPS) is 10.2. The molecular weight excluding hydrogens is 216 g/mol. The third kappa shape index (κ3) is 1.85. The zero-order valence-electron chi connectivity index (χ0n) is 7.57. The summed E-state index contributed by atoms with van der Waals surface area (Å²) in [4.78, 5) is 17.3. The van der Waals surface area contributed by atoms with Crippen molar-refractivity contribution in [3.8, 4) is 11.4 Å². The maximum absolute atomic E-state index is 10.6. The van der Waals surface area contributed by atoms with Crippen molar-refractivity contribution in [3.05, 3.63) is 41.2 Å². The number of carboxylic acid groups (broad SMARTS) is 1. The fraction of sp³-hybridized carbons (Fsp3) is 0. The van der Waals surface area contributed by atoms with Gasteiger partial charge in [-0.3, -0.25) is 0 Å². The van der Waals surface area contributed by atoms with Crippen LogP contribution < -0.4 is 0 Å². The van der Waals surface area contributed by atoms with Crippen LogP contribution in [0.1, 0.15) is 10.5 Å². The molecule has 1 aromatic heterocycles. The van der Waals surface area contributed by atoms with Crippen molar-refractivity contribution in [1.82, 2.24) is 9.97 Å². The minimum Gasteiger partial charge on any atom is -0.476 e. The predicted molar refractivity (Wildman–Crippen MR) is 56.0 cm³/mol. The van der Waals surface area contributed by atoms with Crippen LogP contribution in [-0.2, 0) is 0 Å². The van der Waals surface area contributed by atoms with E-state index in [1.165, 1.54) is 6.20 Å². The van der Waals surface area contributed by atoms with Crippen molar-refractivity contribution in [2.45, 2.75) is 0 Å². The number of benzene rings is 1. The molecule has 0 atom stereocenters. The lowest BCUT2D eigenvalue weighted by Crippen LogP contribution is -1.95. The summed E-state index contributed by atoms with van der Waals surface area (Å²) in [5, 5.41) is 9.23. The first-order valence-electron chi connectivity index (χ1n) is 4.22. The van der Waals surface area contributed by atoms with Gasteiger partial charge in [0, 0.05) is 11.8 Å². The number of aromatic amines is 1. The van der Waals surface area contributed by atoms with Crippen molar-refractivity contribution < 1.29 is 9.90 Å². The predicted octanol–water partition coefficient (Wildman–Crippen LogP) is 2.43. The van der Waals surface area contributed by atoms with Crippen molar-refractivity contribution in [3.63, 3.8) is 0 Å². The van der Waals surface area contributed by atoms with Crippen molar-refractivity contribution in [2.24, 2.45) is 0 Å². The summed E-state index contributed by atoms with van der Waals surface area (Å²) in [5.41, 5.74) is 0.664. The van der Waals surface area contributed by atoms with Gasteiger partial charge in [0.05, 0.1) is 5.02 Å². The van der Waals surface area contributed by atoms with Gasteiger partial charge < -0.3 is 10.1 Å². The third-order valence-electron chi connectivity index (χ3n) is 1.93. The quantitative estimate of drug-likeness (QED) is 0.820. The number of imidazole rings is 1. The number of rotatable bonds is 2. The molecule has 4 nitrogen and oxygen atoms in total. The Labute approximate surface area is 90.5 Å². The second kappa shape index (κ2) is 3.74. The highest BCUT2D eigenvalue weighted by atomic mass is 35.5. The standard InChI is InChI=1S/C10H7ClN2O2/c11-7-4-2-1-3-6(7)9-12-5-8(13-9)10(14)15/h1-5H,(H,12,13)(H,14,15). The molecule has 0 radical (unpaired) electrons. The highest BCUT2D eigenvalue weighted by molar-refractivity contribution is 6.33. The van der Waals surface area contributed by atoms with Crippen LogP contribution in [0.2, 0.25) is 5.02 Å². The molecule has 1 aromatic carbocycles. The van der Waals surface area contributed by atoms with Crippen LogP contribution in [0.3, 0.4) is 0 Å². The lowest BCUT2D eigenvalue weighted by Gasteiger charge is -1.98. The number of aromatic carboxylic acids is 1. The van der Waals surface area contributed by atoms with E-state index >= 15 is 0 Å². The number of carboxylic acids is 1. The maximum atomic E-state index is 10.6. The SMILES string of the molecule is O=C(O)c1c[nH]c(-c2ccccc2Cl)n1. The minimum absolute atomic E-state index is 0.0232. The molecule has 76 valence electrons. The lowest BCUT2D eigenvalue weighted by atomic mass is 10.2. The second-order valence-corrected chi connectivity index (χ2v) is 3.33. The number of carbonyl (C=O) groups is 1. The summed E-state index contributed by atoms with van der Waals surface area (Å²) in [7, 11) is 0. The summed E-state index contributed by atoms with van der Waals surface area (Å²) >= 11 is 5.94. The smallest absolute Gasteiger partial charge is 0.356 e. The Bertz CT molecular complexity index is 508. The van der Waals surface area contributed by atoms with E-state index < -0.39 is 5.97 Å². The fourth-order valence-corrected chi connectivity index (χ4v) is 1.45. The first kappa shape index (κ1) is 9.73. The molecule has 0 bridgehead atoms. The van der Waals surface area contributed by atoms with E-state index in [1.54, 1.807) is 18.2 Å². The topological polar surface area (TPSA) is 66.0 Å². The fourth-order valence-electron chi connectivity index (χ4n) is 1.22. The monoisotopic (exact) mass is 222 g/mol. The molecule has 2 aromatic rings. The van der Waals surface area contributed by atoms with Crippen LogP contribution in [-0.4, -0.2) is 21.0 Å². The molecule has 0 saturated heterocycles. The van der Waals surface area contributed by atoms with Crippen LogP contribution in [0.5, 0.6) is 0 Å². The van der Waals surface area contributed by atoms with Crippen LogP contribution >= 0.6 is 11.6 Å². The van der Waals surface area contributed by atoms with E-state index in [9.17, 15) is 4.79 Å². The van der Waals surface area contributed by atoms with E-state index in [0.29, 0.717) is 16.4 Å². The highest BCUT2D eigenvalue weighted by Gasteiger charge is 2.10. The molecule has 2 rings (SSSR count). The molecule has 0 amide bonds. The molecule has 0 aliphatic heterocycles. The molecular formula is C10H7ClN2O2. The largest absolute Gasteiger partial charge is 0.476 e. The number of H-pyrrole nitrogens is 1. The summed E-state index contributed by atoms with van der Waals surface area (Å²) in [6.45, 7) is 0. The van der Waals surface area contributed by atoms with E-state index in [-0.39, 0.29) is 5.69 Å². The average Bonchev–Trinajstić information content (AvgIpc) is 2.67. The zero-order chi connectivity index (χ0) is 10.8. The molecule has 0 fully saturated rings. The van der Waals surface area contributed by atoms with Crippen molar-refractivity contribution in [2.75, 3.05) is 0 Å². The molecule has 0 aliphatic carbocycles. The Hall–Kier alpha value is -1.81. The Kier molecular flexibility index (Phi) is 2.43. The lowest BCUT2D eigenvalue weighted by molar-refractivity contribution is 0.0691. The van der Waals surface area contributed by atoms with Gasteiger partial charge in [0.1, 0.15) is 5.82 Å². The van der Waals surface area contributed by atoms with Crippen LogP contribution in [0.25, 0.3) is 11.4 Å². The summed E-state index contributed by atoms with van der Waals surface area (Å²) in [6.07, 6.45) is 1.33. The molecule has 1 heterocycles. The number of hydrogen-bond acceptors (Lipinski definition) is 2. The Morgan fingerprint density at radius 1 is 1.40 bits per heavy atom. The van der Waals surface area contributed by atoms with Gasteiger partial charge in [0.15, 0.2) is 5.69 Å². The van der Waals surface area contributed by atoms with Crippen molar-refractivity contribution >= 4 is 17.6 Å². The van der Waals surface area contributed by atoms with Gasteiger partial charge in [-0.25, -0.2) is 9.78 Å². The zero-order valence-corrected chi connectivity index (χ0v) is 8.32. The molecule has 0 saturated carbocycles. The maximum Gasteiger partial charge on any atom is 0.356 e. The summed E-state index contributed by atoms with van der Waals surface area (Å²) in [5.74, 6) is -0.609. The Morgan fingerprint density at radius 2 is 2.13 bits per heavy atom. The van der Waals surface area contributed by atoms with Gasteiger partial charge in [-0.05, 0) is 12.1 Å². The van der Waals surface area contributed by atoms with Gasteiger partial charge in [-0.15, -0.1) is 0 Å². The molecule has 0 unspecified atom stereocenters. The number of aromatic nitrogens is 2. The van der Waals surface area contributed by atoms with E-state index in [4.69, 9.17) is 16.7 Å². The Morgan fingerprint density at radius 3 is 2.73 bits per heavy atom. The summed E-state index contributed by atoms with van der Waals surface area (Å²) < 4.78 is 0.